The first-order valence-corrected chi connectivity index (χ1v) is 10.6. The molecule has 1 amide bonds. The standard InChI is InChI=1S/C18H24N4O5S/c1-18(2,28(24,25)11-12-8-9-27-10-12)16(23)20-17-19-15(21-22-17)13-4-6-14(26-3)7-5-13/h4-7,12H,8-11H2,1-3H3,(H2,19,20,21,22,23)/t12-/m0/s1. The molecule has 1 aromatic heterocycles. The first-order chi connectivity index (χ1) is 13.2. The normalized spacial score (nSPS) is 17.5. The molecule has 152 valence electrons. The lowest BCUT2D eigenvalue weighted by molar-refractivity contribution is -0.117. The Labute approximate surface area is 163 Å². The summed E-state index contributed by atoms with van der Waals surface area (Å²) in [6.07, 6.45) is 0.684. The van der Waals surface area contributed by atoms with Gasteiger partial charge in [0.2, 0.25) is 11.9 Å². The second-order valence-corrected chi connectivity index (χ2v) is 9.80. The molecule has 1 atom stereocenters. The summed E-state index contributed by atoms with van der Waals surface area (Å²) in [6.45, 7) is 3.75. The molecule has 3 rings (SSSR count). The number of H-pyrrole nitrogens is 1. The number of carbonyl (C=O) groups excluding carboxylic acids is 1. The summed E-state index contributed by atoms with van der Waals surface area (Å²) >= 11 is 0. The van der Waals surface area contributed by atoms with Gasteiger partial charge in [-0.05, 0) is 50.5 Å². The molecule has 1 aliphatic heterocycles. The second kappa shape index (κ2) is 7.88. The van der Waals surface area contributed by atoms with Crippen LogP contribution in [0.15, 0.2) is 24.3 Å². The van der Waals surface area contributed by atoms with Gasteiger partial charge in [0, 0.05) is 12.2 Å². The second-order valence-electron chi connectivity index (χ2n) is 7.21. The van der Waals surface area contributed by atoms with Gasteiger partial charge in [0.25, 0.3) is 0 Å². The van der Waals surface area contributed by atoms with Gasteiger partial charge in [-0.25, -0.2) is 8.42 Å². The summed E-state index contributed by atoms with van der Waals surface area (Å²) in [5, 5.41) is 9.19. The summed E-state index contributed by atoms with van der Waals surface area (Å²) in [5.41, 5.74) is 0.752. The highest BCUT2D eigenvalue weighted by molar-refractivity contribution is 7.93. The van der Waals surface area contributed by atoms with E-state index in [0.717, 1.165) is 5.56 Å². The predicted octanol–water partition coefficient (Wildman–Crippen LogP) is 1.65. The number of carbonyl (C=O) groups is 1. The number of amides is 1. The Morgan fingerprint density at radius 3 is 2.68 bits per heavy atom. The molecule has 1 saturated heterocycles. The number of aromatic amines is 1. The van der Waals surface area contributed by atoms with Gasteiger partial charge in [-0.1, -0.05) is 0 Å². The molecule has 10 heteroatoms. The Morgan fingerprint density at radius 2 is 2.07 bits per heavy atom. The number of hydrogen-bond acceptors (Lipinski definition) is 7. The predicted molar refractivity (Wildman–Crippen MR) is 104 cm³/mol. The largest absolute Gasteiger partial charge is 0.497 e. The fourth-order valence-electron chi connectivity index (χ4n) is 2.82. The Bertz CT molecular complexity index is 931. The van der Waals surface area contributed by atoms with Crippen molar-refractivity contribution in [2.45, 2.75) is 25.0 Å². The van der Waals surface area contributed by atoms with Gasteiger partial charge >= 0.3 is 0 Å². The molecule has 28 heavy (non-hydrogen) atoms. The molecule has 9 nitrogen and oxygen atoms in total. The Morgan fingerprint density at radius 1 is 1.36 bits per heavy atom. The highest BCUT2D eigenvalue weighted by atomic mass is 32.2. The van der Waals surface area contributed by atoms with Crippen molar-refractivity contribution in [3.8, 4) is 17.1 Å². The van der Waals surface area contributed by atoms with Crippen LogP contribution in [-0.2, 0) is 19.4 Å². The molecule has 0 bridgehead atoms. The first-order valence-electron chi connectivity index (χ1n) is 8.91. The Hall–Kier alpha value is -2.46. The zero-order valence-corrected chi connectivity index (χ0v) is 16.9. The van der Waals surface area contributed by atoms with Crippen LogP contribution in [0.1, 0.15) is 20.3 Å². The molecule has 0 spiro atoms. The van der Waals surface area contributed by atoms with Crippen LogP contribution < -0.4 is 10.1 Å². The maximum Gasteiger partial charge on any atom is 0.249 e. The van der Waals surface area contributed by atoms with Gasteiger partial charge in [0.15, 0.2) is 15.7 Å². The highest BCUT2D eigenvalue weighted by Gasteiger charge is 2.43. The monoisotopic (exact) mass is 408 g/mol. The minimum absolute atomic E-state index is 0.0169. The molecule has 2 aromatic rings. The number of nitrogens with zero attached hydrogens (tertiary/aromatic N) is 2. The van der Waals surface area contributed by atoms with Crippen molar-refractivity contribution in [3.05, 3.63) is 24.3 Å². The topological polar surface area (TPSA) is 123 Å². The van der Waals surface area contributed by atoms with Crippen molar-refractivity contribution >= 4 is 21.7 Å². The van der Waals surface area contributed by atoms with E-state index in [1.54, 1.807) is 31.4 Å². The lowest BCUT2D eigenvalue weighted by atomic mass is 10.2. The summed E-state index contributed by atoms with van der Waals surface area (Å²) in [6, 6.07) is 7.14. The van der Waals surface area contributed by atoms with Crippen molar-refractivity contribution in [2.24, 2.45) is 5.92 Å². The van der Waals surface area contributed by atoms with Crippen LogP contribution in [0.3, 0.4) is 0 Å². The number of hydrogen-bond donors (Lipinski definition) is 2. The van der Waals surface area contributed by atoms with Crippen LogP contribution in [0, 0.1) is 5.92 Å². The molecule has 1 fully saturated rings. The Balaban J connectivity index is 1.70. The van der Waals surface area contributed by atoms with E-state index in [4.69, 9.17) is 9.47 Å². The quantitative estimate of drug-likeness (QED) is 0.714. The summed E-state index contributed by atoms with van der Waals surface area (Å²) < 4.78 is 34.2. The SMILES string of the molecule is COc1ccc(-c2nc(NC(=O)C(C)(C)S(=O)(=O)C[C@H]3CCOC3)n[nH]2)cc1. The minimum Gasteiger partial charge on any atom is -0.497 e. The number of anilines is 1. The fraction of sp³-hybridized carbons (Fsp3) is 0.500. The van der Waals surface area contributed by atoms with E-state index in [1.807, 2.05) is 0 Å². The molecule has 0 aliphatic carbocycles. The van der Waals surface area contributed by atoms with Crippen molar-refractivity contribution in [2.75, 3.05) is 31.4 Å². The minimum atomic E-state index is -3.69. The van der Waals surface area contributed by atoms with Crippen molar-refractivity contribution < 1.29 is 22.7 Å². The third-order valence-electron chi connectivity index (χ3n) is 4.88. The highest BCUT2D eigenvalue weighted by Crippen LogP contribution is 2.25. The number of ether oxygens (including phenoxy) is 2. The van der Waals surface area contributed by atoms with Crippen LogP contribution in [0.25, 0.3) is 11.4 Å². The zero-order valence-electron chi connectivity index (χ0n) is 16.1. The average Bonchev–Trinajstić information content (AvgIpc) is 3.33. The number of nitrogens with one attached hydrogen (secondary N) is 2. The number of rotatable bonds is 7. The van der Waals surface area contributed by atoms with Crippen molar-refractivity contribution in [1.29, 1.82) is 0 Å². The van der Waals surface area contributed by atoms with E-state index < -0.39 is 20.5 Å². The summed E-state index contributed by atoms with van der Waals surface area (Å²) in [7, 11) is -2.11. The van der Waals surface area contributed by atoms with Gasteiger partial charge in [-0.15, -0.1) is 5.10 Å². The fourth-order valence-corrected chi connectivity index (χ4v) is 4.46. The lowest BCUT2D eigenvalue weighted by Gasteiger charge is -2.24. The van der Waals surface area contributed by atoms with Crippen molar-refractivity contribution in [1.82, 2.24) is 15.2 Å². The van der Waals surface area contributed by atoms with Crippen LogP contribution in [0.2, 0.25) is 0 Å². The molecule has 2 heterocycles. The summed E-state index contributed by atoms with van der Waals surface area (Å²) in [5.74, 6) is 0.328. The van der Waals surface area contributed by atoms with E-state index in [2.05, 4.69) is 20.5 Å². The van der Waals surface area contributed by atoms with Gasteiger partial charge in [-0.3, -0.25) is 15.2 Å². The molecular weight excluding hydrogens is 384 g/mol. The number of aromatic nitrogens is 3. The van der Waals surface area contributed by atoms with Crippen LogP contribution >= 0.6 is 0 Å². The van der Waals surface area contributed by atoms with E-state index in [-0.39, 0.29) is 17.6 Å². The molecule has 2 N–H and O–H groups in total. The van der Waals surface area contributed by atoms with Crippen LogP contribution in [0.5, 0.6) is 5.75 Å². The Kier molecular flexibility index (Phi) is 5.71. The molecular formula is C18H24N4O5S. The average molecular weight is 408 g/mol. The smallest absolute Gasteiger partial charge is 0.249 e. The molecule has 0 radical (unpaired) electrons. The molecule has 0 unspecified atom stereocenters. The van der Waals surface area contributed by atoms with E-state index >= 15 is 0 Å². The lowest BCUT2D eigenvalue weighted by Crippen LogP contribution is -2.46. The third kappa shape index (κ3) is 4.17. The van der Waals surface area contributed by atoms with Crippen molar-refractivity contribution in [3.63, 3.8) is 0 Å². The van der Waals surface area contributed by atoms with E-state index in [0.29, 0.717) is 31.2 Å². The maximum atomic E-state index is 12.8. The van der Waals surface area contributed by atoms with Gasteiger partial charge in [-0.2, -0.15) is 4.98 Å². The van der Waals surface area contributed by atoms with E-state index in [9.17, 15) is 13.2 Å². The third-order valence-corrected chi connectivity index (χ3v) is 7.53. The zero-order chi connectivity index (χ0) is 20.4. The first kappa shape index (κ1) is 20.3. The molecule has 1 aromatic carbocycles. The maximum absolute atomic E-state index is 12.8. The van der Waals surface area contributed by atoms with Gasteiger partial charge in [0.1, 0.15) is 10.5 Å². The van der Waals surface area contributed by atoms with Crippen LogP contribution in [0.4, 0.5) is 5.95 Å². The van der Waals surface area contributed by atoms with Gasteiger partial charge < -0.3 is 9.47 Å². The van der Waals surface area contributed by atoms with E-state index in [1.165, 1.54) is 13.8 Å². The van der Waals surface area contributed by atoms with Gasteiger partial charge in [0.05, 0.1) is 19.5 Å². The summed E-state index contributed by atoms with van der Waals surface area (Å²) in [4.78, 5) is 16.9. The molecule has 1 aliphatic rings. The number of methoxy groups -OCH3 is 1. The molecule has 0 saturated carbocycles. The van der Waals surface area contributed by atoms with Crippen LogP contribution in [-0.4, -0.2) is 60.3 Å². The number of benzene rings is 1. The number of sulfone groups is 1.